The van der Waals surface area contributed by atoms with Gasteiger partial charge in [-0.1, -0.05) is 73.6 Å². The Morgan fingerprint density at radius 3 is 2.37 bits per heavy atom. The van der Waals surface area contributed by atoms with Crippen molar-refractivity contribution in [3.8, 4) is 11.3 Å². The van der Waals surface area contributed by atoms with Gasteiger partial charge in [0.25, 0.3) is 0 Å². The predicted molar refractivity (Wildman–Crippen MR) is 117 cm³/mol. The molecule has 1 heterocycles. The highest BCUT2D eigenvalue weighted by atomic mass is 32.2. The van der Waals surface area contributed by atoms with Crippen molar-refractivity contribution in [2.24, 2.45) is 0 Å². The Kier molecular flexibility index (Phi) is 6.69. The molecular weight excluding hydrogens is 372 g/mol. The SMILES string of the molecule is CCc1cccc(CC)c1NC(=O)CSc1nc(-c2ccc(C)cc2)cs1. The molecule has 5 heteroatoms. The molecule has 3 rings (SSSR count). The smallest absolute Gasteiger partial charge is 0.234 e. The standard InChI is InChI=1S/C22H24N2OS2/c1-4-16-7-6-8-17(5-2)21(16)24-20(25)14-27-22-23-19(13-26-22)18-11-9-15(3)10-12-18/h6-13H,4-5,14H2,1-3H3,(H,24,25). The number of amides is 1. The second kappa shape index (κ2) is 9.20. The summed E-state index contributed by atoms with van der Waals surface area (Å²) in [5.74, 6) is 0.380. The first-order valence-electron chi connectivity index (χ1n) is 9.16. The molecule has 3 nitrogen and oxygen atoms in total. The van der Waals surface area contributed by atoms with Gasteiger partial charge in [0.15, 0.2) is 4.34 Å². The number of para-hydroxylation sites is 1. The summed E-state index contributed by atoms with van der Waals surface area (Å²) < 4.78 is 0.917. The average Bonchev–Trinajstić information content (AvgIpc) is 3.16. The fourth-order valence-corrected chi connectivity index (χ4v) is 4.52. The third-order valence-corrected chi connectivity index (χ3v) is 6.44. The van der Waals surface area contributed by atoms with Crippen molar-refractivity contribution in [3.05, 3.63) is 64.5 Å². The zero-order valence-electron chi connectivity index (χ0n) is 15.9. The van der Waals surface area contributed by atoms with E-state index < -0.39 is 0 Å². The molecule has 0 aliphatic carbocycles. The topological polar surface area (TPSA) is 42.0 Å². The Morgan fingerprint density at radius 1 is 1.07 bits per heavy atom. The summed E-state index contributed by atoms with van der Waals surface area (Å²) in [7, 11) is 0. The third-order valence-electron chi connectivity index (χ3n) is 4.42. The number of hydrogen-bond acceptors (Lipinski definition) is 4. The molecule has 140 valence electrons. The fraction of sp³-hybridized carbons (Fsp3) is 0.273. The molecule has 0 saturated carbocycles. The summed E-state index contributed by atoms with van der Waals surface area (Å²) in [5, 5.41) is 5.16. The summed E-state index contributed by atoms with van der Waals surface area (Å²) in [6, 6.07) is 14.6. The van der Waals surface area contributed by atoms with Crippen LogP contribution in [0.1, 0.15) is 30.5 Å². The van der Waals surface area contributed by atoms with E-state index in [-0.39, 0.29) is 5.91 Å². The number of rotatable bonds is 7. The molecule has 1 N–H and O–H groups in total. The van der Waals surface area contributed by atoms with Gasteiger partial charge in [0.1, 0.15) is 0 Å². The van der Waals surface area contributed by atoms with Crippen LogP contribution in [0.3, 0.4) is 0 Å². The molecule has 3 aromatic rings. The van der Waals surface area contributed by atoms with E-state index >= 15 is 0 Å². The van der Waals surface area contributed by atoms with Gasteiger partial charge >= 0.3 is 0 Å². The van der Waals surface area contributed by atoms with Gasteiger partial charge in [-0.05, 0) is 30.9 Å². The molecular formula is C22H24N2OS2. The van der Waals surface area contributed by atoms with E-state index in [0.29, 0.717) is 5.75 Å². The monoisotopic (exact) mass is 396 g/mol. The molecule has 1 aromatic heterocycles. The van der Waals surface area contributed by atoms with Crippen molar-refractivity contribution in [1.29, 1.82) is 0 Å². The number of anilines is 1. The Balaban J connectivity index is 1.63. The number of thiazole rings is 1. The normalized spacial score (nSPS) is 10.8. The fourth-order valence-electron chi connectivity index (χ4n) is 2.89. The van der Waals surface area contributed by atoms with Gasteiger partial charge in [0.05, 0.1) is 11.4 Å². The lowest BCUT2D eigenvalue weighted by Gasteiger charge is -2.14. The Labute approximate surface area is 169 Å². The molecule has 0 spiro atoms. The molecule has 0 aliphatic heterocycles. The van der Waals surface area contributed by atoms with Gasteiger partial charge < -0.3 is 5.32 Å². The van der Waals surface area contributed by atoms with E-state index in [1.165, 1.54) is 28.5 Å². The number of carbonyl (C=O) groups excluding carboxylic acids is 1. The van der Waals surface area contributed by atoms with Crippen LogP contribution in [-0.4, -0.2) is 16.6 Å². The highest BCUT2D eigenvalue weighted by Crippen LogP contribution is 2.29. The van der Waals surface area contributed by atoms with Crippen LogP contribution in [0.15, 0.2) is 52.2 Å². The Bertz CT molecular complexity index is 894. The number of aromatic nitrogens is 1. The number of thioether (sulfide) groups is 1. The van der Waals surface area contributed by atoms with E-state index in [1.54, 1.807) is 11.3 Å². The Morgan fingerprint density at radius 2 is 1.74 bits per heavy atom. The third kappa shape index (κ3) is 4.99. The van der Waals surface area contributed by atoms with E-state index in [0.717, 1.165) is 34.1 Å². The number of nitrogens with one attached hydrogen (secondary N) is 1. The van der Waals surface area contributed by atoms with Crippen LogP contribution in [0.5, 0.6) is 0 Å². The van der Waals surface area contributed by atoms with E-state index in [4.69, 9.17) is 0 Å². The van der Waals surface area contributed by atoms with E-state index in [9.17, 15) is 4.79 Å². The summed E-state index contributed by atoms with van der Waals surface area (Å²) in [6.45, 7) is 6.30. The van der Waals surface area contributed by atoms with Crippen LogP contribution in [0.25, 0.3) is 11.3 Å². The molecule has 1 amide bonds. The quantitative estimate of drug-likeness (QED) is 0.500. The summed E-state index contributed by atoms with van der Waals surface area (Å²) >= 11 is 3.07. The van der Waals surface area contributed by atoms with Gasteiger partial charge in [-0.15, -0.1) is 11.3 Å². The lowest BCUT2D eigenvalue weighted by Crippen LogP contribution is -2.16. The highest BCUT2D eigenvalue weighted by Gasteiger charge is 2.12. The van der Waals surface area contributed by atoms with Crippen LogP contribution in [0.2, 0.25) is 0 Å². The van der Waals surface area contributed by atoms with Crippen molar-refractivity contribution in [2.45, 2.75) is 38.0 Å². The maximum Gasteiger partial charge on any atom is 0.234 e. The van der Waals surface area contributed by atoms with Crippen molar-refractivity contribution in [3.63, 3.8) is 0 Å². The number of nitrogens with zero attached hydrogens (tertiary/aromatic N) is 1. The van der Waals surface area contributed by atoms with Gasteiger partial charge in [-0.3, -0.25) is 4.79 Å². The van der Waals surface area contributed by atoms with Gasteiger partial charge in [0, 0.05) is 16.6 Å². The predicted octanol–water partition coefficient (Wildman–Crippen LogP) is 5.97. The molecule has 27 heavy (non-hydrogen) atoms. The zero-order valence-corrected chi connectivity index (χ0v) is 17.5. The van der Waals surface area contributed by atoms with Gasteiger partial charge in [-0.2, -0.15) is 0 Å². The van der Waals surface area contributed by atoms with Crippen LogP contribution in [0, 0.1) is 6.92 Å². The lowest BCUT2D eigenvalue weighted by atomic mass is 10.0. The summed E-state index contributed by atoms with van der Waals surface area (Å²) in [4.78, 5) is 17.1. The highest BCUT2D eigenvalue weighted by molar-refractivity contribution is 8.01. The molecule has 0 bridgehead atoms. The second-order valence-corrected chi connectivity index (χ2v) is 8.44. The minimum absolute atomic E-state index is 0.0164. The molecule has 0 aliphatic rings. The molecule has 0 fully saturated rings. The molecule has 0 saturated heterocycles. The second-order valence-electron chi connectivity index (χ2n) is 6.36. The number of benzene rings is 2. The van der Waals surface area contributed by atoms with Crippen molar-refractivity contribution in [2.75, 3.05) is 11.1 Å². The average molecular weight is 397 g/mol. The van der Waals surface area contributed by atoms with E-state index in [2.05, 4.69) is 73.5 Å². The first-order valence-corrected chi connectivity index (χ1v) is 11.0. The zero-order chi connectivity index (χ0) is 19.2. The first kappa shape index (κ1) is 19.6. The molecule has 0 atom stereocenters. The van der Waals surface area contributed by atoms with Gasteiger partial charge in [-0.25, -0.2) is 4.98 Å². The molecule has 0 radical (unpaired) electrons. The first-order chi connectivity index (χ1) is 13.1. The van der Waals surface area contributed by atoms with Crippen LogP contribution in [-0.2, 0) is 17.6 Å². The lowest BCUT2D eigenvalue weighted by molar-refractivity contribution is -0.113. The number of hydrogen-bond donors (Lipinski definition) is 1. The van der Waals surface area contributed by atoms with Crippen LogP contribution < -0.4 is 5.32 Å². The molecule has 0 unspecified atom stereocenters. The van der Waals surface area contributed by atoms with Crippen molar-refractivity contribution >= 4 is 34.7 Å². The van der Waals surface area contributed by atoms with Crippen molar-refractivity contribution < 1.29 is 4.79 Å². The molecule has 2 aromatic carbocycles. The van der Waals surface area contributed by atoms with Crippen molar-refractivity contribution in [1.82, 2.24) is 4.98 Å². The number of carbonyl (C=O) groups is 1. The minimum atomic E-state index is 0.0164. The maximum atomic E-state index is 12.5. The maximum absolute atomic E-state index is 12.5. The van der Waals surface area contributed by atoms with Crippen LogP contribution >= 0.6 is 23.1 Å². The number of aryl methyl sites for hydroxylation is 3. The van der Waals surface area contributed by atoms with Crippen LogP contribution in [0.4, 0.5) is 5.69 Å². The minimum Gasteiger partial charge on any atom is -0.325 e. The van der Waals surface area contributed by atoms with Gasteiger partial charge in [0.2, 0.25) is 5.91 Å². The summed E-state index contributed by atoms with van der Waals surface area (Å²) in [5.41, 5.74) is 6.66. The van der Waals surface area contributed by atoms with E-state index in [1.807, 2.05) is 5.38 Å². The summed E-state index contributed by atoms with van der Waals surface area (Å²) in [6.07, 6.45) is 1.81. The Hall–Kier alpha value is -2.11. The largest absolute Gasteiger partial charge is 0.325 e.